The number of primary amides is 1. The molecule has 0 fully saturated rings. The van der Waals surface area contributed by atoms with Crippen LogP contribution in [-0.2, 0) is 11.8 Å². The third-order valence-electron chi connectivity index (χ3n) is 4.14. The van der Waals surface area contributed by atoms with E-state index in [0.29, 0.717) is 11.1 Å². The predicted molar refractivity (Wildman–Crippen MR) is 91.3 cm³/mol. The molecule has 7 heteroatoms. The van der Waals surface area contributed by atoms with Crippen LogP contribution in [0.1, 0.15) is 27.8 Å². The Bertz CT molecular complexity index is 980. The number of nitrogens with two attached hydrogens (primary N) is 1. The van der Waals surface area contributed by atoms with Gasteiger partial charge in [-0.25, -0.2) is 9.37 Å². The summed E-state index contributed by atoms with van der Waals surface area (Å²) in [5.74, 6) is -1.17. The Labute approximate surface area is 143 Å². The number of carbonyl (C=O) groups excluding carboxylic acids is 2. The number of amides is 2. The molecule has 2 amide bonds. The van der Waals surface area contributed by atoms with Gasteiger partial charge in [-0.1, -0.05) is 18.2 Å². The number of aryl methyl sites for hydroxylation is 2. The quantitative estimate of drug-likeness (QED) is 0.761. The van der Waals surface area contributed by atoms with E-state index in [-0.39, 0.29) is 5.56 Å². The molecule has 0 saturated carbocycles. The summed E-state index contributed by atoms with van der Waals surface area (Å²) in [5, 5.41) is 2.49. The van der Waals surface area contributed by atoms with Crippen molar-refractivity contribution in [3.8, 4) is 0 Å². The number of carbonyl (C=O) groups is 2. The van der Waals surface area contributed by atoms with Crippen molar-refractivity contribution in [1.82, 2.24) is 14.9 Å². The van der Waals surface area contributed by atoms with Crippen LogP contribution in [0.5, 0.6) is 0 Å². The molecule has 6 nitrogen and oxygen atoms in total. The molecule has 2 aromatic carbocycles. The normalized spacial score (nSPS) is 12.1. The van der Waals surface area contributed by atoms with Crippen molar-refractivity contribution in [2.45, 2.75) is 13.0 Å². The standard InChI is InChI=1S/C18H17FN4O2/c1-10-21-14-9-11(7-8-15(14)23(10)2)18(25)22-16(17(20)24)12-5-3-4-6-13(12)19/h3-9,16H,1-2H3,(H2,20,24)(H,22,25)/t16-/m1/s1. The van der Waals surface area contributed by atoms with Crippen LogP contribution in [0.4, 0.5) is 4.39 Å². The number of rotatable bonds is 4. The van der Waals surface area contributed by atoms with Gasteiger partial charge in [-0.05, 0) is 31.2 Å². The number of hydrogen-bond acceptors (Lipinski definition) is 3. The maximum atomic E-state index is 13.9. The molecule has 0 saturated heterocycles. The van der Waals surface area contributed by atoms with Gasteiger partial charge in [0.15, 0.2) is 0 Å². The van der Waals surface area contributed by atoms with Crippen LogP contribution >= 0.6 is 0 Å². The molecule has 0 unspecified atom stereocenters. The van der Waals surface area contributed by atoms with Crippen LogP contribution in [0, 0.1) is 12.7 Å². The van der Waals surface area contributed by atoms with Gasteiger partial charge in [0.2, 0.25) is 5.91 Å². The summed E-state index contributed by atoms with van der Waals surface area (Å²) in [6.45, 7) is 1.86. The largest absolute Gasteiger partial charge is 0.368 e. The van der Waals surface area contributed by atoms with Crippen LogP contribution in [0.25, 0.3) is 11.0 Å². The molecule has 0 spiro atoms. The van der Waals surface area contributed by atoms with Crippen molar-refractivity contribution in [3.05, 3.63) is 65.2 Å². The van der Waals surface area contributed by atoms with Crippen molar-refractivity contribution >= 4 is 22.8 Å². The maximum Gasteiger partial charge on any atom is 0.252 e. The van der Waals surface area contributed by atoms with Crippen molar-refractivity contribution in [2.75, 3.05) is 0 Å². The second kappa shape index (κ2) is 6.35. The first-order valence-corrected chi connectivity index (χ1v) is 7.66. The van der Waals surface area contributed by atoms with E-state index in [2.05, 4.69) is 10.3 Å². The molecule has 1 atom stereocenters. The van der Waals surface area contributed by atoms with Gasteiger partial charge in [0, 0.05) is 18.2 Å². The first kappa shape index (κ1) is 16.6. The van der Waals surface area contributed by atoms with Crippen LogP contribution in [0.2, 0.25) is 0 Å². The fourth-order valence-corrected chi connectivity index (χ4v) is 2.69. The molecule has 0 bridgehead atoms. The Balaban J connectivity index is 1.92. The number of imidazole rings is 1. The fraction of sp³-hybridized carbons (Fsp3) is 0.167. The molecule has 0 aliphatic heterocycles. The van der Waals surface area contributed by atoms with Crippen molar-refractivity contribution < 1.29 is 14.0 Å². The number of fused-ring (bicyclic) bond motifs is 1. The molecule has 3 aromatic rings. The first-order valence-electron chi connectivity index (χ1n) is 7.66. The number of aromatic nitrogens is 2. The number of benzene rings is 2. The van der Waals surface area contributed by atoms with Gasteiger partial charge in [-0.2, -0.15) is 0 Å². The molecule has 0 radical (unpaired) electrons. The van der Waals surface area contributed by atoms with Crippen molar-refractivity contribution in [3.63, 3.8) is 0 Å². The average Bonchev–Trinajstić information content (AvgIpc) is 2.87. The van der Waals surface area contributed by atoms with Crippen LogP contribution < -0.4 is 11.1 Å². The molecule has 0 aliphatic rings. The van der Waals surface area contributed by atoms with E-state index in [0.717, 1.165) is 11.3 Å². The molecule has 25 heavy (non-hydrogen) atoms. The minimum atomic E-state index is -1.25. The third-order valence-corrected chi connectivity index (χ3v) is 4.14. The summed E-state index contributed by atoms with van der Waals surface area (Å²) in [6, 6.07) is 9.45. The summed E-state index contributed by atoms with van der Waals surface area (Å²) < 4.78 is 15.8. The number of halogens is 1. The smallest absolute Gasteiger partial charge is 0.252 e. The SMILES string of the molecule is Cc1nc2cc(C(=O)N[C@@H](C(N)=O)c3ccccc3F)ccc2n1C. The minimum absolute atomic E-state index is 0.0260. The summed E-state index contributed by atoms with van der Waals surface area (Å²) in [6.07, 6.45) is 0. The Morgan fingerprint density at radius 3 is 2.64 bits per heavy atom. The lowest BCUT2D eigenvalue weighted by molar-refractivity contribution is -0.120. The first-order chi connectivity index (χ1) is 11.9. The zero-order valence-corrected chi connectivity index (χ0v) is 13.8. The Kier molecular flexibility index (Phi) is 4.22. The molecule has 0 aliphatic carbocycles. The van der Waals surface area contributed by atoms with Crippen LogP contribution in [-0.4, -0.2) is 21.4 Å². The summed E-state index contributed by atoms with van der Waals surface area (Å²) >= 11 is 0. The Morgan fingerprint density at radius 1 is 1.24 bits per heavy atom. The number of hydrogen-bond donors (Lipinski definition) is 2. The maximum absolute atomic E-state index is 13.9. The summed E-state index contributed by atoms with van der Waals surface area (Å²) in [5.41, 5.74) is 7.23. The zero-order valence-electron chi connectivity index (χ0n) is 13.8. The molecule has 3 rings (SSSR count). The number of nitrogens with one attached hydrogen (secondary N) is 1. The number of nitrogens with zero attached hydrogens (tertiary/aromatic N) is 2. The molecule has 1 aromatic heterocycles. The van der Waals surface area contributed by atoms with E-state index >= 15 is 0 Å². The average molecular weight is 340 g/mol. The third kappa shape index (κ3) is 3.08. The van der Waals surface area contributed by atoms with Crippen LogP contribution in [0.15, 0.2) is 42.5 Å². The second-order valence-electron chi connectivity index (χ2n) is 5.75. The van der Waals surface area contributed by atoms with E-state index in [9.17, 15) is 14.0 Å². The van der Waals surface area contributed by atoms with Gasteiger partial charge >= 0.3 is 0 Å². The lowest BCUT2D eigenvalue weighted by Crippen LogP contribution is -2.38. The topological polar surface area (TPSA) is 90.0 Å². The van der Waals surface area contributed by atoms with Crippen molar-refractivity contribution in [2.24, 2.45) is 12.8 Å². The summed E-state index contributed by atoms with van der Waals surface area (Å²) in [4.78, 5) is 28.6. The van der Waals surface area contributed by atoms with Gasteiger partial charge in [0.1, 0.15) is 17.7 Å². The lowest BCUT2D eigenvalue weighted by atomic mass is 10.0. The minimum Gasteiger partial charge on any atom is -0.368 e. The molecular weight excluding hydrogens is 323 g/mol. The molecular formula is C18H17FN4O2. The van der Waals surface area contributed by atoms with Gasteiger partial charge in [0.25, 0.3) is 5.91 Å². The van der Waals surface area contributed by atoms with E-state index < -0.39 is 23.7 Å². The monoisotopic (exact) mass is 340 g/mol. The highest BCUT2D eigenvalue weighted by atomic mass is 19.1. The Hall–Kier alpha value is -3.22. The predicted octanol–water partition coefficient (Wildman–Crippen LogP) is 1.98. The van der Waals surface area contributed by atoms with E-state index in [1.807, 2.05) is 18.5 Å². The highest BCUT2D eigenvalue weighted by Gasteiger charge is 2.24. The summed E-state index contributed by atoms with van der Waals surface area (Å²) in [7, 11) is 1.88. The Morgan fingerprint density at radius 2 is 1.96 bits per heavy atom. The van der Waals surface area contributed by atoms with E-state index in [1.165, 1.54) is 18.2 Å². The van der Waals surface area contributed by atoms with E-state index in [1.54, 1.807) is 24.3 Å². The van der Waals surface area contributed by atoms with Crippen LogP contribution in [0.3, 0.4) is 0 Å². The molecule has 128 valence electrons. The van der Waals surface area contributed by atoms with Crippen molar-refractivity contribution in [1.29, 1.82) is 0 Å². The van der Waals surface area contributed by atoms with Gasteiger partial charge in [-0.15, -0.1) is 0 Å². The molecule has 3 N–H and O–H groups in total. The lowest BCUT2D eigenvalue weighted by Gasteiger charge is -2.16. The second-order valence-corrected chi connectivity index (χ2v) is 5.75. The highest BCUT2D eigenvalue weighted by molar-refractivity contribution is 6.00. The fourth-order valence-electron chi connectivity index (χ4n) is 2.69. The van der Waals surface area contributed by atoms with E-state index in [4.69, 9.17) is 5.73 Å². The molecule has 1 heterocycles. The van der Waals surface area contributed by atoms with Gasteiger partial charge in [0.05, 0.1) is 11.0 Å². The van der Waals surface area contributed by atoms with Gasteiger partial charge in [-0.3, -0.25) is 9.59 Å². The highest BCUT2D eigenvalue weighted by Crippen LogP contribution is 2.19. The zero-order chi connectivity index (χ0) is 18.1. The van der Waals surface area contributed by atoms with Gasteiger partial charge < -0.3 is 15.6 Å².